The van der Waals surface area contributed by atoms with Gasteiger partial charge in [-0.2, -0.15) is 0 Å². The van der Waals surface area contributed by atoms with E-state index in [2.05, 4.69) is 10.0 Å². The van der Waals surface area contributed by atoms with Crippen molar-refractivity contribution in [1.82, 2.24) is 10.0 Å². The maximum absolute atomic E-state index is 10.9. The molecule has 0 aromatic heterocycles. The predicted molar refractivity (Wildman–Crippen MR) is 50.9 cm³/mol. The van der Waals surface area contributed by atoms with Gasteiger partial charge in [-0.25, -0.2) is 13.1 Å². The average Bonchev–Trinajstić information content (AvgIpc) is 2.30. The summed E-state index contributed by atoms with van der Waals surface area (Å²) in [7, 11) is -3.00. The lowest BCUT2D eigenvalue weighted by molar-refractivity contribution is 0.120. The summed E-state index contributed by atoms with van der Waals surface area (Å²) in [5, 5.41) is 3.32. The lowest BCUT2D eigenvalue weighted by Crippen LogP contribution is -2.51. The van der Waals surface area contributed by atoms with Crippen molar-refractivity contribution < 1.29 is 8.42 Å². The topological polar surface area (TPSA) is 58.2 Å². The molecule has 76 valence electrons. The number of nitrogens with one attached hydrogen (secondary N) is 2. The van der Waals surface area contributed by atoms with E-state index in [9.17, 15) is 8.42 Å². The largest absolute Gasteiger partial charge is 0.316 e. The molecule has 2 fully saturated rings. The van der Waals surface area contributed by atoms with Crippen LogP contribution in [0.3, 0.4) is 0 Å². The fraction of sp³-hybridized carbons (Fsp3) is 1.00. The molecule has 0 aromatic carbocycles. The highest BCUT2D eigenvalue weighted by molar-refractivity contribution is 7.88. The third kappa shape index (κ3) is 2.03. The van der Waals surface area contributed by atoms with Gasteiger partial charge in [0, 0.05) is 12.6 Å². The highest BCUT2D eigenvalue weighted by atomic mass is 32.2. The van der Waals surface area contributed by atoms with Crippen molar-refractivity contribution in [2.24, 2.45) is 5.41 Å². The zero-order chi connectivity index (χ0) is 9.53. The molecule has 2 aliphatic rings. The minimum atomic E-state index is -3.00. The number of sulfonamides is 1. The molecule has 0 unspecified atom stereocenters. The Bertz CT molecular complexity index is 285. The van der Waals surface area contributed by atoms with Crippen LogP contribution >= 0.6 is 0 Å². The van der Waals surface area contributed by atoms with Gasteiger partial charge in [0.1, 0.15) is 0 Å². The van der Waals surface area contributed by atoms with Crippen LogP contribution in [-0.2, 0) is 10.0 Å². The van der Waals surface area contributed by atoms with Crippen LogP contribution in [0.4, 0.5) is 0 Å². The molecule has 1 heterocycles. The van der Waals surface area contributed by atoms with Crippen molar-refractivity contribution >= 4 is 10.0 Å². The minimum Gasteiger partial charge on any atom is -0.316 e. The van der Waals surface area contributed by atoms with Crippen molar-refractivity contribution in [2.75, 3.05) is 19.3 Å². The van der Waals surface area contributed by atoms with E-state index in [1.54, 1.807) is 0 Å². The van der Waals surface area contributed by atoms with Gasteiger partial charge >= 0.3 is 0 Å². The van der Waals surface area contributed by atoms with Crippen molar-refractivity contribution in [3.63, 3.8) is 0 Å². The van der Waals surface area contributed by atoms with Crippen LogP contribution in [0.2, 0.25) is 0 Å². The molecular weight excluding hydrogens is 188 g/mol. The molecule has 4 nitrogen and oxygen atoms in total. The van der Waals surface area contributed by atoms with Gasteiger partial charge < -0.3 is 5.32 Å². The Hall–Kier alpha value is -0.130. The first-order valence-corrected chi connectivity index (χ1v) is 6.56. The van der Waals surface area contributed by atoms with Crippen LogP contribution in [-0.4, -0.2) is 33.8 Å². The van der Waals surface area contributed by atoms with Gasteiger partial charge in [-0.3, -0.25) is 0 Å². The average molecular weight is 204 g/mol. The quantitative estimate of drug-likeness (QED) is 0.648. The minimum absolute atomic E-state index is 0.190. The maximum atomic E-state index is 10.9. The second-order valence-electron chi connectivity index (χ2n) is 4.42. The molecule has 13 heavy (non-hydrogen) atoms. The van der Waals surface area contributed by atoms with Crippen molar-refractivity contribution in [3.8, 4) is 0 Å². The highest BCUT2D eigenvalue weighted by Crippen LogP contribution is 2.45. The van der Waals surface area contributed by atoms with Gasteiger partial charge in [0.25, 0.3) is 0 Å². The third-order valence-electron chi connectivity index (χ3n) is 3.07. The zero-order valence-electron chi connectivity index (χ0n) is 7.84. The Morgan fingerprint density at radius 3 is 2.62 bits per heavy atom. The summed E-state index contributed by atoms with van der Waals surface area (Å²) in [6.45, 7) is 2.15. The van der Waals surface area contributed by atoms with Gasteiger partial charge in [0.2, 0.25) is 10.0 Å². The zero-order valence-corrected chi connectivity index (χ0v) is 8.65. The van der Waals surface area contributed by atoms with E-state index >= 15 is 0 Å². The van der Waals surface area contributed by atoms with Gasteiger partial charge in [0.05, 0.1) is 6.26 Å². The van der Waals surface area contributed by atoms with Gasteiger partial charge in [-0.15, -0.1) is 0 Å². The number of hydrogen-bond donors (Lipinski definition) is 2. The number of hydrogen-bond acceptors (Lipinski definition) is 3. The van der Waals surface area contributed by atoms with Crippen LogP contribution in [0.5, 0.6) is 0 Å². The van der Waals surface area contributed by atoms with Crippen molar-refractivity contribution in [1.29, 1.82) is 0 Å². The molecule has 2 N–H and O–H groups in total. The Morgan fingerprint density at radius 1 is 1.46 bits per heavy atom. The fourth-order valence-electron chi connectivity index (χ4n) is 2.52. The molecule has 1 spiro atoms. The van der Waals surface area contributed by atoms with E-state index in [4.69, 9.17) is 0 Å². The van der Waals surface area contributed by atoms with Gasteiger partial charge in [-0.05, 0) is 31.2 Å². The molecule has 0 bridgehead atoms. The SMILES string of the molecule is CS(=O)(=O)NC1CC2(CCNC2)C1. The Morgan fingerprint density at radius 2 is 2.15 bits per heavy atom. The lowest BCUT2D eigenvalue weighted by Gasteiger charge is -2.44. The molecule has 0 amide bonds. The monoisotopic (exact) mass is 204 g/mol. The Labute approximate surface area is 79.1 Å². The summed E-state index contributed by atoms with van der Waals surface area (Å²) in [6, 6.07) is 0.190. The molecule has 0 atom stereocenters. The predicted octanol–water partition coefficient (Wildman–Crippen LogP) is -0.322. The van der Waals surface area contributed by atoms with E-state index in [-0.39, 0.29) is 6.04 Å². The number of rotatable bonds is 2. The summed E-state index contributed by atoms with van der Waals surface area (Å²) < 4.78 is 24.5. The first-order chi connectivity index (χ1) is 5.99. The molecule has 1 aliphatic carbocycles. The normalized spacial score (nSPS) is 39.3. The molecule has 1 aliphatic heterocycles. The van der Waals surface area contributed by atoms with E-state index in [1.807, 2.05) is 0 Å². The summed E-state index contributed by atoms with van der Waals surface area (Å²) >= 11 is 0. The van der Waals surface area contributed by atoms with Crippen LogP contribution in [0.15, 0.2) is 0 Å². The van der Waals surface area contributed by atoms with Crippen LogP contribution in [0, 0.1) is 5.41 Å². The standard InChI is InChI=1S/C8H16N2O2S/c1-13(11,12)10-7-4-8(5-7)2-3-9-6-8/h7,9-10H,2-6H2,1H3. The Balaban J connectivity index is 1.84. The molecular formula is C8H16N2O2S. The van der Waals surface area contributed by atoms with E-state index < -0.39 is 10.0 Å². The highest BCUT2D eigenvalue weighted by Gasteiger charge is 2.46. The van der Waals surface area contributed by atoms with E-state index in [0.717, 1.165) is 25.9 Å². The second kappa shape index (κ2) is 2.93. The molecule has 0 aromatic rings. The summed E-state index contributed by atoms with van der Waals surface area (Å²) in [6.07, 6.45) is 4.44. The van der Waals surface area contributed by atoms with Gasteiger partial charge in [0.15, 0.2) is 0 Å². The fourth-order valence-corrected chi connectivity index (χ4v) is 3.29. The van der Waals surface area contributed by atoms with Crippen molar-refractivity contribution in [3.05, 3.63) is 0 Å². The Kier molecular flexibility index (Phi) is 2.13. The maximum Gasteiger partial charge on any atom is 0.208 e. The summed E-state index contributed by atoms with van der Waals surface area (Å²) in [4.78, 5) is 0. The van der Waals surface area contributed by atoms with Gasteiger partial charge in [-0.1, -0.05) is 0 Å². The first-order valence-electron chi connectivity index (χ1n) is 4.67. The lowest BCUT2D eigenvalue weighted by atomic mass is 9.65. The molecule has 1 saturated heterocycles. The molecule has 0 radical (unpaired) electrons. The molecule has 1 saturated carbocycles. The third-order valence-corrected chi connectivity index (χ3v) is 3.83. The van der Waals surface area contributed by atoms with E-state index in [0.29, 0.717) is 5.41 Å². The second-order valence-corrected chi connectivity index (χ2v) is 6.20. The molecule has 2 rings (SSSR count). The van der Waals surface area contributed by atoms with E-state index in [1.165, 1.54) is 12.7 Å². The van der Waals surface area contributed by atoms with Crippen molar-refractivity contribution in [2.45, 2.75) is 25.3 Å². The smallest absolute Gasteiger partial charge is 0.208 e. The summed E-state index contributed by atoms with van der Waals surface area (Å²) in [5.41, 5.74) is 0.419. The molecule has 5 heteroatoms. The summed E-state index contributed by atoms with van der Waals surface area (Å²) in [5.74, 6) is 0. The van der Waals surface area contributed by atoms with Crippen LogP contribution in [0.1, 0.15) is 19.3 Å². The first kappa shape index (κ1) is 9.43. The van der Waals surface area contributed by atoms with Crippen LogP contribution < -0.4 is 10.0 Å². The van der Waals surface area contributed by atoms with Crippen LogP contribution in [0.25, 0.3) is 0 Å².